The molecular formula is C19H18N4O3S. The number of nitrogens with zero attached hydrogens (tertiary/aromatic N) is 2. The highest BCUT2D eigenvalue weighted by molar-refractivity contribution is 7.13. The van der Waals surface area contributed by atoms with E-state index < -0.39 is 5.91 Å². The second-order valence-corrected chi connectivity index (χ2v) is 6.77. The molecule has 0 radical (unpaired) electrons. The van der Waals surface area contributed by atoms with Gasteiger partial charge in [0.1, 0.15) is 5.69 Å². The standard InChI is InChI=1S/C19H18N4O3S/c20-19(26)13-5-1-2-6-14(13)21-17(24)8-3-11-23-18(25)10-9-15(22-23)16-7-4-12-27-16/h1-2,4-7,9-10,12H,3,8,11H2,(H2,20,26)(H,21,24). The number of nitrogens with one attached hydrogen (secondary N) is 1. The molecule has 2 amide bonds. The molecule has 1 aromatic carbocycles. The van der Waals surface area contributed by atoms with Crippen molar-refractivity contribution in [1.82, 2.24) is 9.78 Å². The van der Waals surface area contributed by atoms with Gasteiger partial charge in [-0.1, -0.05) is 18.2 Å². The number of rotatable bonds is 7. The zero-order valence-corrected chi connectivity index (χ0v) is 15.2. The Morgan fingerprint density at radius 1 is 1.11 bits per heavy atom. The molecule has 0 saturated carbocycles. The van der Waals surface area contributed by atoms with Crippen molar-refractivity contribution in [2.24, 2.45) is 5.73 Å². The Hall–Kier alpha value is -3.26. The molecule has 0 aliphatic rings. The number of nitrogens with two attached hydrogens (primary N) is 1. The maximum absolute atomic E-state index is 12.1. The van der Waals surface area contributed by atoms with E-state index >= 15 is 0 Å². The highest BCUT2D eigenvalue weighted by Gasteiger charge is 2.11. The van der Waals surface area contributed by atoms with Crippen LogP contribution < -0.4 is 16.6 Å². The summed E-state index contributed by atoms with van der Waals surface area (Å²) in [5.74, 6) is -0.863. The van der Waals surface area contributed by atoms with Crippen molar-refractivity contribution >= 4 is 28.8 Å². The number of hydrogen-bond acceptors (Lipinski definition) is 5. The number of thiophene rings is 1. The third kappa shape index (κ3) is 4.68. The van der Waals surface area contributed by atoms with E-state index in [0.29, 0.717) is 18.7 Å². The van der Waals surface area contributed by atoms with Crippen molar-refractivity contribution in [3.8, 4) is 10.6 Å². The molecular weight excluding hydrogens is 364 g/mol. The molecule has 3 rings (SSSR count). The number of primary amides is 1. The molecule has 7 nitrogen and oxygen atoms in total. The van der Waals surface area contributed by atoms with Crippen LogP contribution in [0.15, 0.2) is 58.7 Å². The Labute approximate surface area is 159 Å². The predicted octanol–water partition coefficient (Wildman–Crippen LogP) is 2.49. The van der Waals surface area contributed by atoms with Crippen LogP contribution in [0.5, 0.6) is 0 Å². The smallest absolute Gasteiger partial charge is 0.266 e. The quantitative estimate of drug-likeness (QED) is 0.654. The molecule has 138 valence electrons. The first-order valence-electron chi connectivity index (χ1n) is 8.35. The lowest BCUT2D eigenvalue weighted by atomic mass is 10.1. The predicted molar refractivity (Wildman–Crippen MR) is 105 cm³/mol. The van der Waals surface area contributed by atoms with Crippen molar-refractivity contribution in [2.75, 3.05) is 5.32 Å². The fraction of sp³-hybridized carbons (Fsp3) is 0.158. The molecule has 0 fully saturated rings. The first-order valence-corrected chi connectivity index (χ1v) is 9.23. The van der Waals surface area contributed by atoms with E-state index in [-0.39, 0.29) is 23.5 Å². The van der Waals surface area contributed by atoms with Crippen LogP contribution in [0.4, 0.5) is 5.69 Å². The molecule has 0 bridgehead atoms. The number of hydrogen-bond donors (Lipinski definition) is 2. The SMILES string of the molecule is NC(=O)c1ccccc1NC(=O)CCCn1nc(-c2cccs2)ccc1=O. The van der Waals surface area contributed by atoms with E-state index in [1.165, 1.54) is 10.7 Å². The Morgan fingerprint density at radius 2 is 1.93 bits per heavy atom. The van der Waals surface area contributed by atoms with Crippen LogP contribution in [-0.2, 0) is 11.3 Å². The van der Waals surface area contributed by atoms with Gasteiger partial charge in [0, 0.05) is 19.0 Å². The maximum Gasteiger partial charge on any atom is 0.266 e. The van der Waals surface area contributed by atoms with Gasteiger partial charge >= 0.3 is 0 Å². The van der Waals surface area contributed by atoms with Crippen molar-refractivity contribution in [3.63, 3.8) is 0 Å². The zero-order chi connectivity index (χ0) is 19.2. The first-order chi connectivity index (χ1) is 13.0. The fourth-order valence-electron chi connectivity index (χ4n) is 2.57. The lowest BCUT2D eigenvalue weighted by Crippen LogP contribution is -2.23. The van der Waals surface area contributed by atoms with Crippen LogP contribution >= 0.6 is 11.3 Å². The Kier molecular flexibility index (Phi) is 5.77. The summed E-state index contributed by atoms with van der Waals surface area (Å²) in [4.78, 5) is 36.5. The maximum atomic E-state index is 12.1. The summed E-state index contributed by atoms with van der Waals surface area (Å²) in [6.45, 7) is 0.322. The number of carbonyl (C=O) groups is 2. The average Bonchev–Trinajstić information content (AvgIpc) is 3.18. The van der Waals surface area contributed by atoms with Crippen LogP contribution in [0.3, 0.4) is 0 Å². The van der Waals surface area contributed by atoms with Gasteiger partial charge in [-0.2, -0.15) is 5.10 Å². The summed E-state index contributed by atoms with van der Waals surface area (Å²) in [6, 6.07) is 13.6. The summed E-state index contributed by atoms with van der Waals surface area (Å²) in [7, 11) is 0. The van der Waals surface area contributed by atoms with E-state index in [1.807, 2.05) is 17.5 Å². The third-order valence-electron chi connectivity index (χ3n) is 3.88. The molecule has 27 heavy (non-hydrogen) atoms. The lowest BCUT2D eigenvalue weighted by molar-refractivity contribution is -0.116. The highest BCUT2D eigenvalue weighted by Crippen LogP contribution is 2.21. The molecule has 0 atom stereocenters. The highest BCUT2D eigenvalue weighted by atomic mass is 32.1. The molecule has 0 aliphatic heterocycles. The molecule has 2 aromatic heterocycles. The number of aryl methyl sites for hydroxylation is 1. The van der Waals surface area contributed by atoms with Gasteiger partial charge in [0.05, 0.1) is 16.1 Å². The number of aromatic nitrogens is 2. The number of carbonyl (C=O) groups excluding carboxylic acids is 2. The normalized spacial score (nSPS) is 10.5. The van der Waals surface area contributed by atoms with Gasteiger partial charge in [-0.15, -0.1) is 11.3 Å². The summed E-state index contributed by atoms with van der Waals surface area (Å²) in [5, 5.41) is 8.98. The van der Waals surface area contributed by atoms with Gasteiger partial charge in [-0.3, -0.25) is 14.4 Å². The molecule has 2 heterocycles. The zero-order valence-electron chi connectivity index (χ0n) is 14.4. The molecule has 3 aromatic rings. The largest absolute Gasteiger partial charge is 0.366 e. The van der Waals surface area contributed by atoms with Crippen LogP contribution in [0, 0.1) is 0 Å². The molecule has 3 N–H and O–H groups in total. The van der Waals surface area contributed by atoms with E-state index in [9.17, 15) is 14.4 Å². The summed E-state index contributed by atoms with van der Waals surface area (Å²) < 4.78 is 1.36. The molecule has 0 spiro atoms. The Bertz CT molecular complexity index is 1010. The summed E-state index contributed by atoms with van der Waals surface area (Å²) in [6.07, 6.45) is 0.621. The second kappa shape index (κ2) is 8.41. The molecule has 0 saturated heterocycles. The van der Waals surface area contributed by atoms with Crippen molar-refractivity contribution in [1.29, 1.82) is 0 Å². The number of amides is 2. The molecule has 0 aliphatic carbocycles. The Morgan fingerprint density at radius 3 is 2.67 bits per heavy atom. The van der Waals surface area contributed by atoms with Crippen LogP contribution in [0.1, 0.15) is 23.2 Å². The molecule has 8 heteroatoms. The van der Waals surface area contributed by atoms with Gasteiger partial charge in [0.2, 0.25) is 5.91 Å². The Balaban J connectivity index is 1.60. The monoisotopic (exact) mass is 382 g/mol. The summed E-state index contributed by atoms with van der Waals surface area (Å²) >= 11 is 1.54. The number of anilines is 1. The fourth-order valence-corrected chi connectivity index (χ4v) is 3.26. The minimum Gasteiger partial charge on any atom is -0.366 e. The minimum atomic E-state index is -0.605. The van der Waals surface area contributed by atoms with E-state index in [0.717, 1.165) is 10.6 Å². The second-order valence-electron chi connectivity index (χ2n) is 5.82. The van der Waals surface area contributed by atoms with Gasteiger partial charge in [-0.25, -0.2) is 4.68 Å². The van der Waals surface area contributed by atoms with E-state index in [2.05, 4.69) is 10.4 Å². The van der Waals surface area contributed by atoms with Crippen molar-refractivity contribution < 1.29 is 9.59 Å². The van der Waals surface area contributed by atoms with Gasteiger partial charge < -0.3 is 11.1 Å². The number of para-hydroxylation sites is 1. The summed E-state index contributed by atoms with van der Waals surface area (Å²) in [5.41, 5.74) is 6.45. The van der Waals surface area contributed by atoms with E-state index in [1.54, 1.807) is 41.7 Å². The topological polar surface area (TPSA) is 107 Å². The first kappa shape index (κ1) is 18.5. The van der Waals surface area contributed by atoms with E-state index in [4.69, 9.17) is 5.73 Å². The average molecular weight is 382 g/mol. The van der Waals surface area contributed by atoms with Crippen LogP contribution in [0.2, 0.25) is 0 Å². The van der Waals surface area contributed by atoms with Crippen LogP contribution in [0.25, 0.3) is 10.6 Å². The molecule has 0 unspecified atom stereocenters. The van der Waals surface area contributed by atoms with Gasteiger partial charge in [-0.05, 0) is 36.1 Å². The van der Waals surface area contributed by atoms with Gasteiger partial charge in [0.25, 0.3) is 11.5 Å². The van der Waals surface area contributed by atoms with Crippen LogP contribution in [-0.4, -0.2) is 21.6 Å². The van der Waals surface area contributed by atoms with Crippen molar-refractivity contribution in [2.45, 2.75) is 19.4 Å². The lowest BCUT2D eigenvalue weighted by Gasteiger charge is -2.09. The van der Waals surface area contributed by atoms with Crippen molar-refractivity contribution in [3.05, 3.63) is 69.8 Å². The van der Waals surface area contributed by atoms with Gasteiger partial charge in [0.15, 0.2) is 0 Å². The number of benzene rings is 1. The minimum absolute atomic E-state index is 0.185. The third-order valence-corrected chi connectivity index (χ3v) is 4.77.